The van der Waals surface area contributed by atoms with Crippen molar-refractivity contribution in [1.29, 1.82) is 0 Å². The van der Waals surface area contributed by atoms with Crippen molar-refractivity contribution in [2.45, 2.75) is 19.3 Å². The van der Waals surface area contributed by atoms with Gasteiger partial charge in [0.1, 0.15) is 5.82 Å². The van der Waals surface area contributed by atoms with E-state index in [0.717, 1.165) is 27.1 Å². The van der Waals surface area contributed by atoms with Gasteiger partial charge in [0, 0.05) is 40.0 Å². The number of hydrogen-bond acceptors (Lipinski definition) is 3. The van der Waals surface area contributed by atoms with Crippen molar-refractivity contribution in [3.63, 3.8) is 0 Å². The van der Waals surface area contributed by atoms with Gasteiger partial charge in [-0.15, -0.1) is 0 Å². The lowest BCUT2D eigenvalue weighted by atomic mass is 9.86. The first-order valence-electron chi connectivity index (χ1n) is 8.90. The standard InChI is InChI=1S/C14H14BrN3O.C7H6ClNO/c1-8-13-11(9-3-5-10(15)6-4-9)7-12(19)16-14(13)18(2)17-8;8-6-3-1-5(2-4-6)7(9)10/h3-6,11H,7H2,1-2H3,(H,16,19);1-4H,(H2,9,10). The number of aromatic nitrogens is 2. The van der Waals surface area contributed by atoms with E-state index >= 15 is 0 Å². The van der Waals surface area contributed by atoms with Crippen molar-refractivity contribution in [2.75, 3.05) is 5.32 Å². The van der Waals surface area contributed by atoms with Gasteiger partial charge in [-0.2, -0.15) is 5.10 Å². The first kappa shape index (κ1) is 21.1. The van der Waals surface area contributed by atoms with Crippen molar-refractivity contribution in [2.24, 2.45) is 12.8 Å². The highest BCUT2D eigenvalue weighted by Gasteiger charge is 2.31. The Balaban J connectivity index is 0.000000204. The topological polar surface area (TPSA) is 90.0 Å². The van der Waals surface area contributed by atoms with Crippen LogP contribution in [0, 0.1) is 6.92 Å². The quantitative estimate of drug-likeness (QED) is 0.575. The zero-order valence-electron chi connectivity index (χ0n) is 15.9. The maximum Gasteiger partial charge on any atom is 0.248 e. The molecule has 2 aromatic carbocycles. The summed E-state index contributed by atoms with van der Waals surface area (Å²) in [6.45, 7) is 1.99. The zero-order chi connectivity index (χ0) is 21.1. The van der Waals surface area contributed by atoms with E-state index in [1.807, 2.05) is 26.1 Å². The fraction of sp³-hybridized carbons (Fsp3) is 0.190. The highest BCUT2D eigenvalue weighted by Crippen LogP contribution is 2.38. The number of halogens is 2. The van der Waals surface area contributed by atoms with Crippen molar-refractivity contribution >= 4 is 45.2 Å². The summed E-state index contributed by atoms with van der Waals surface area (Å²) in [5, 5.41) is 7.93. The number of hydrogen-bond donors (Lipinski definition) is 2. The summed E-state index contributed by atoms with van der Waals surface area (Å²) in [6, 6.07) is 14.6. The molecule has 0 saturated carbocycles. The highest BCUT2D eigenvalue weighted by molar-refractivity contribution is 9.10. The Labute approximate surface area is 182 Å². The molecule has 2 heterocycles. The molecule has 1 atom stereocenters. The molecule has 3 aromatic rings. The van der Waals surface area contributed by atoms with Gasteiger partial charge in [0.2, 0.25) is 11.8 Å². The molecule has 0 saturated heterocycles. The van der Waals surface area contributed by atoms with Gasteiger partial charge in [-0.1, -0.05) is 39.7 Å². The smallest absolute Gasteiger partial charge is 0.248 e. The van der Waals surface area contributed by atoms with E-state index in [1.165, 1.54) is 0 Å². The number of amides is 2. The number of nitrogens with two attached hydrogens (primary N) is 1. The van der Waals surface area contributed by atoms with Crippen LogP contribution in [0.5, 0.6) is 0 Å². The molecular weight excluding hydrogens is 456 g/mol. The summed E-state index contributed by atoms with van der Waals surface area (Å²) in [4.78, 5) is 22.4. The van der Waals surface area contributed by atoms with E-state index in [4.69, 9.17) is 17.3 Å². The Morgan fingerprint density at radius 1 is 1.21 bits per heavy atom. The van der Waals surface area contributed by atoms with E-state index in [-0.39, 0.29) is 11.8 Å². The minimum Gasteiger partial charge on any atom is -0.366 e. The summed E-state index contributed by atoms with van der Waals surface area (Å²) in [6.07, 6.45) is 0.473. The molecule has 0 radical (unpaired) electrons. The zero-order valence-corrected chi connectivity index (χ0v) is 18.3. The number of nitrogens with zero attached hydrogens (tertiary/aromatic N) is 2. The van der Waals surface area contributed by atoms with Crippen LogP contribution in [0.3, 0.4) is 0 Å². The van der Waals surface area contributed by atoms with E-state index in [0.29, 0.717) is 17.0 Å². The van der Waals surface area contributed by atoms with Crippen LogP contribution >= 0.6 is 27.5 Å². The number of carbonyl (C=O) groups is 2. The average Bonchev–Trinajstić information content (AvgIpc) is 2.96. The second kappa shape index (κ2) is 8.80. The molecule has 0 spiro atoms. The SMILES string of the molecule is Cc1nn(C)c2c1C(c1ccc(Br)cc1)CC(=O)N2.NC(=O)c1ccc(Cl)cc1. The summed E-state index contributed by atoms with van der Waals surface area (Å²) >= 11 is 9.00. The third-order valence-corrected chi connectivity index (χ3v) is 5.45. The third kappa shape index (κ3) is 4.86. The van der Waals surface area contributed by atoms with Gasteiger partial charge in [0.05, 0.1) is 5.69 Å². The first-order valence-corrected chi connectivity index (χ1v) is 10.1. The Morgan fingerprint density at radius 3 is 2.41 bits per heavy atom. The van der Waals surface area contributed by atoms with Gasteiger partial charge < -0.3 is 11.1 Å². The minimum absolute atomic E-state index is 0.0448. The molecule has 0 fully saturated rings. The predicted molar refractivity (Wildman–Crippen MR) is 117 cm³/mol. The number of anilines is 1. The van der Waals surface area contributed by atoms with Gasteiger partial charge >= 0.3 is 0 Å². The molecule has 2 amide bonds. The monoisotopic (exact) mass is 474 g/mol. The molecular formula is C21H20BrClN4O2. The van der Waals surface area contributed by atoms with Crippen LogP contribution < -0.4 is 11.1 Å². The van der Waals surface area contributed by atoms with Crippen molar-refractivity contribution < 1.29 is 9.59 Å². The van der Waals surface area contributed by atoms with Crippen LogP contribution in [-0.2, 0) is 11.8 Å². The normalized spacial score (nSPS) is 15.0. The van der Waals surface area contributed by atoms with Crippen LogP contribution in [0.4, 0.5) is 5.82 Å². The Kier molecular flexibility index (Phi) is 6.39. The molecule has 4 rings (SSSR count). The number of primary amides is 1. The fourth-order valence-corrected chi connectivity index (χ4v) is 3.69. The maximum absolute atomic E-state index is 11.9. The molecule has 1 unspecified atom stereocenters. The van der Waals surface area contributed by atoms with Gasteiger partial charge in [-0.05, 0) is 48.9 Å². The van der Waals surface area contributed by atoms with E-state index in [2.05, 4.69) is 38.5 Å². The molecule has 6 nitrogen and oxygen atoms in total. The second-order valence-corrected chi connectivity index (χ2v) is 8.05. The van der Waals surface area contributed by atoms with E-state index < -0.39 is 5.91 Å². The lowest BCUT2D eigenvalue weighted by Gasteiger charge is -2.24. The van der Waals surface area contributed by atoms with Crippen LogP contribution in [0.1, 0.15) is 39.5 Å². The maximum atomic E-state index is 11.9. The molecule has 1 aromatic heterocycles. The number of fused-ring (bicyclic) bond motifs is 1. The van der Waals surface area contributed by atoms with Gasteiger partial charge in [-0.25, -0.2) is 0 Å². The molecule has 3 N–H and O–H groups in total. The lowest BCUT2D eigenvalue weighted by molar-refractivity contribution is -0.116. The lowest BCUT2D eigenvalue weighted by Crippen LogP contribution is -2.24. The Morgan fingerprint density at radius 2 is 1.83 bits per heavy atom. The van der Waals surface area contributed by atoms with E-state index in [1.54, 1.807) is 28.9 Å². The summed E-state index contributed by atoms with van der Waals surface area (Å²) < 4.78 is 2.78. The van der Waals surface area contributed by atoms with Crippen molar-refractivity contribution in [3.8, 4) is 0 Å². The molecule has 0 bridgehead atoms. The predicted octanol–water partition coefficient (Wildman–Crippen LogP) is 4.40. The molecule has 1 aliphatic heterocycles. The van der Waals surface area contributed by atoms with Crippen LogP contribution in [0.25, 0.3) is 0 Å². The Bertz CT molecular complexity index is 1050. The van der Waals surface area contributed by atoms with Gasteiger partial charge in [0.25, 0.3) is 0 Å². The van der Waals surface area contributed by atoms with Crippen molar-refractivity contribution in [1.82, 2.24) is 9.78 Å². The van der Waals surface area contributed by atoms with Crippen LogP contribution in [0.15, 0.2) is 53.0 Å². The molecule has 1 aliphatic rings. The van der Waals surface area contributed by atoms with Gasteiger partial charge in [-0.3, -0.25) is 14.3 Å². The number of benzene rings is 2. The Hall–Kier alpha value is -2.64. The van der Waals surface area contributed by atoms with Crippen LogP contribution in [0.2, 0.25) is 5.02 Å². The number of rotatable bonds is 2. The minimum atomic E-state index is -0.434. The summed E-state index contributed by atoms with van der Waals surface area (Å²) in [5.74, 6) is 0.521. The largest absolute Gasteiger partial charge is 0.366 e. The highest BCUT2D eigenvalue weighted by atomic mass is 79.9. The van der Waals surface area contributed by atoms with Crippen molar-refractivity contribution in [3.05, 3.63) is 80.4 Å². The van der Waals surface area contributed by atoms with E-state index in [9.17, 15) is 9.59 Å². The van der Waals surface area contributed by atoms with Gasteiger partial charge in [0.15, 0.2) is 0 Å². The first-order chi connectivity index (χ1) is 13.8. The number of carbonyl (C=O) groups excluding carboxylic acids is 2. The summed E-state index contributed by atoms with van der Waals surface area (Å²) in [5.41, 5.74) is 8.71. The average molecular weight is 476 g/mol. The summed E-state index contributed by atoms with van der Waals surface area (Å²) in [7, 11) is 1.86. The molecule has 150 valence electrons. The second-order valence-electron chi connectivity index (χ2n) is 6.70. The molecule has 29 heavy (non-hydrogen) atoms. The molecule has 8 heteroatoms. The third-order valence-electron chi connectivity index (χ3n) is 4.67. The fourth-order valence-electron chi connectivity index (χ4n) is 3.30. The number of aryl methyl sites for hydroxylation is 2. The van der Waals surface area contributed by atoms with Crippen LogP contribution in [-0.4, -0.2) is 21.6 Å². The number of nitrogens with one attached hydrogen (secondary N) is 1. The molecule has 0 aliphatic carbocycles.